The number of ketones is 1. The number of rotatable bonds is 2. The number of Topliss-reactive ketones (excluding diaryl/α,β-unsaturated/α-hetero) is 1. The van der Waals surface area contributed by atoms with E-state index in [0.29, 0.717) is 6.42 Å². The second kappa shape index (κ2) is 4.79. The SMILES string of the molecule is O=C1CC(Cc2ccccc2)NC=C1I. The molecule has 0 amide bonds. The molecule has 1 atom stereocenters. The van der Waals surface area contributed by atoms with Crippen LogP contribution in [0.15, 0.2) is 40.1 Å². The van der Waals surface area contributed by atoms with Crippen molar-refractivity contribution in [2.24, 2.45) is 0 Å². The highest BCUT2D eigenvalue weighted by molar-refractivity contribution is 14.1. The first-order valence-corrected chi connectivity index (χ1v) is 6.02. The van der Waals surface area contributed by atoms with Crippen LogP contribution < -0.4 is 5.32 Å². The summed E-state index contributed by atoms with van der Waals surface area (Å²) in [6, 6.07) is 10.5. The highest BCUT2D eigenvalue weighted by atomic mass is 127. The van der Waals surface area contributed by atoms with Gasteiger partial charge in [-0.05, 0) is 34.6 Å². The highest BCUT2D eigenvalue weighted by Crippen LogP contribution is 2.17. The Bertz CT molecular complexity index is 386. The van der Waals surface area contributed by atoms with Gasteiger partial charge in [0.2, 0.25) is 0 Å². The van der Waals surface area contributed by atoms with Crippen molar-refractivity contribution in [3.05, 3.63) is 45.7 Å². The number of nitrogens with one attached hydrogen (secondary N) is 1. The number of allylic oxidation sites excluding steroid dienone is 1. The van der Waals surface area contributed by atoms with E-state index >= 15 is 0 Å². The maximum atomic E-state index is 11.5. The molecule has 1 unspecified atom stereocenters. The molecular formula is C12H12INO. The van der Waals surface area contributed by atoms with Gasteiger partial charge in [0.1, 0.15) is 0 Å². The number of carbonyl (C=O) groups is 1. The van der Waals surface area contributed by atoms with Gasteiger partial charge in [0.15, 0.2) is 5.78 Å². The fraction of sp³-hybridized carbons (Fsp3) is 0.250. The second-order valence-corrected chi connectivity index (χ2v) is 4.84. The lowest BCUT2D eigenvalue weighted by Crippen LogP contribution is -2.33. The number of carbonyl (C=O) groups excluding carboxylic acids is 1. The molecular weight excluding hydrogens is 301 g/mol. The molecule has 1 N–H and O–H groups in total. The van der Waals surface area contributed by atoms with Gasteiger partial charge in [-0.3, -0.25) is 4.79 Å². The zero-order valence-corrected chi connectivity index (χ0v) is 10.4. The van der Waals surface area contributed by atoms with E-state index in [9.17, 15) is 4.79 Å². The molecule has 0 radical (unpaired) electrons. The Balaban J connectivity index is 2.01. The van der Waals surface area contributed by atoms with Gasteiger partial charge >= 0.3 is 0 Å². The molecule has 0 spiro atoms. The van der Waals surface area contributed by atoms with Gasteiger partial charge in [0.05, 0.1) is 3.58 Å². The lowest BCUT2D eigenvalue weighted by atomic mass is 9.99. The van der Waals surface area contributed by atoms with Crippen LogP contribution >= 0.6 is 22.6 Å². The molecule has 1 aromatic rings. The Morgan fingerprint density at radius 2 is 2.07 bits per heavy atom. The van der Waals surface area contributed by atoms with Crippen molar-refractivity contribution < 1.29 is 4.79 Å². The highest BCUT2D eigenvalue weighted by Gasteiger charge is 2.19. The van der Waals surface area contributed by atoms with E-state index in [4.69, 9.17) is 0 Å². The van der Waals surface area contributed by atoms with Crippen LogP contribution in [0, 0.1) is 0 Å². The number of hydrogen-bond acceptors (Lipinski definition) is 2. The minimum Gasteiger partial charge on any atom is -0.386 e. The van der Waals surface area contributed by atoms with Gasteiger partial charge in [-0.25, -0.2) is 0 Å². The number of hydrogen-bond donors (Lipinski definition) is 1. The van der Waals surface area contributed by atoms with E-state index in [1.807, 2.05) is 24.4 Å². The van der Waals surface area contributed by atoms with Crippen molar-refractivity contribution in [2.45, 2.75) is 18.9 Å². The zero-order valence-electron chi connectivity index (χ0n) is 8.24. The third kappa shape index (κ3) is 2.81. The van der Waals surface area contributed by atoms with Crippen LogP contribution in [0.4, 0.5) is 0 Å². The average Bonchev–Trinajstić information content (AvgIpc) is 2.25. The average molecular weight is 313 g/mol. The lowest BCUT2D eigenvalue weighted by Gasteiger charge is -2.21. The molecule has 0 fully saturated rings. The van der Waals surface area contributed by atoms with Crippen LogP contribution in [-0.2, 0) is 11.2 Å². The molecule has 3 heteroatoms. The molecule has 1 aromatic carbocycles. The maximum Gasteiger partial charge on any atom is 0.172 e. The van der Waals surface area contributed by atoms with Crippen molar-refractivity contribution >= 4 is 28.4 Å². The minimum atomic E-state index is 0.246. The lowest BCUT2D eigenvalue weighted by molar-refractivity contribution is -0.115. The Hall–Kier alpha value is -0.840. The van der Waals surface area contributed by atoms with Gasteiger partial charge in [0, 0.05) is 18.7 Å². The van der Waals surface area contributed by atoms with E-state index in [1.54, 1.807) is 0 Å². The largest absolute Gasteiger partial charge is 0.386 e. The van der Waals surface area contributed by atoms with Gasteiger partial charge in [-0.2, -0.15) is 0 Å². The van der Waals surface area contributed by atoms with Crippen LogP contribution in [0.25, 0.3) is 0 Å². The molecule has 1 heterocycles. The molecule has 1 aliphatic rings. The number of halogens is 1. The minimum absolute atomic E-state index is 0.246. The van der Waals surface area contributed by atoms with Crippen molar-refractivity contribution in [3.8, 4) is 0 Å². The first kappa shape index (κ1) is 10.7. The van der Waals surface area contributed by atoms with Crippen LogP contribution in [0.3, 0.4) is 0 Å². The van der Waals surface area contributed by atoms with Crippen LogP contribution in [0.2, 0.25) is 0 Å². The summed E-state index contributed by atoms with van der Waals surface area (Å²) in [5.41, 5.74) is 1.27. The Kier molecular flexibility index (Phi) is 3.41. The van der Waals surface area contributed by atoms with Crippen LogP contribution in [0.1, 0.15) is 12.0 Å². The van der Waals surface area contributed by atoms with Crippen LogP contribution in [-0.4, -0.2) is 11.8 Å². The summed E-state index contributed by atoms with van der Waals surface area (Å²) in [7, 11) is 0. The second-order valence-electron chi connectivity index (χ2n) is 3.67. The van der Waals surface area contributed by atoms with E-state index in [0.717, 1.165) is 10.0 Å². The molecule has 2 rings (SSSR count). The summed E-state index contributed by atoms with van der Waals surface area (Å²) in [5.74, 6) is 0.246. The fourth-order valence-electron chi connectivity index (χ4n) is 1.68. The summed E-state index contributed by atoms with van der Waals surface area (Å²) in [6.45, 7) is 0. The summed E-state index contributed by atoms with van der Waals surface area (Å²) in [6.07, 6.45) is 3.33. The smallest absolute Gasteiger partial charge is 0.172 e. The third-order valence-electron chi connectivity index (χ3n) is 2.47. The first-order chi connectivity index (χ1) is 7.25. The number of benzene rings is 1. The normalized spacial score (nSPS) is 20.7. The quantitative estimate of drug-likeness (QED) is 0.850. The van der Waals surface area contributed by atoms with Gasteiger partial charge in [0.25, 0.3) is 0 Å². The third-order valence-corrected chi connectivity index (χ3v) is 3.38. The van der Waals surface area contributed by atoms with Gasteiger partial charge in [-0.15, -0.1) is 0 Å². The molecule has 1 aliphatic heterocycles. The predicted molar refractivity (Wildman–Crippen MR) is 68.8 cm³/mol. The van der Waals surface area contributed by atoms with Crippen molar-refractivity contribution in [1.82, 2.24) is 5.32 Å². The molecule has 0 saturated carbocycles. The standard InChI is InChI=1S/C12H12INO/c13-11-8-14-10(7-12(11)15)6-9-4-2-1-3-5-9/h1-5,8,10,14H,6-7H2. The Morgan fingerprint density at radius 3 is 2.73 bits per heavy atom. The molecule has 78 valence electrons. The molecule has 0 bridgehead atoms. The summed E-state index contributed by atoms with van der Waals surface area (Å²) in [5, 5.41) is 3.26. The summed E-state index contributed by atoms with van der Waals surface area (Å²) in [4.78, 5) is 11.5. The monoisotopic (exact) mass is 313 g/mol. The Labute approximate surface area is 103 Å². The molecule has 2 nitrogen and oxygen atoms in total. The zero-order chi connectivity index (χ0) is 10.7. The molecule has 0 aromatic heterocycles. The van der Waals surface area contributed by atoms with Crippen molar-refractivity contribution in [3.63, 3.8) is 0 Å². The molecule has 0 saturated heterocycles. The maximum absolute atomic E-state index is 11.5. The van der Waals surface area contributed by atoms with E-state index in [1.165, 1.54) is 5.56 Å². The van der Waals surface area contributed by atoms with Crippen LogP contribution in [0.5, 0.6) is 0 Å². The van der Waals surface area contributed by atoms with Gasteiger partial charge < -0.3 is 5.32 Å². The summed E-state index contributed by atoms with van der Waals surface area (Å²) < 4.78 is 0.803. The predicted octanol–water partition coefficient (Wildman–Crippen LogP) is 2.44. The van der Waals surface area contributed by atoms with Gasteiger partial charge in [-0.1, -0.05) is 30.3 Å². The van der Waals surface area contributed by atoms with Crippen molar-refractivity contribution in [1.29, 1.82) is 0 Å². The van der Waals surface area contributed by atoms with E-state index < -0.39 is 0 Å². The topological polar surface area (TPSA) is 29.1 Å². The first-order valence-electron chi connectivity index (χ1n) is 4.94. The van der Waals surface area contributed by atoms with E-state index in [-0.39, 0.29) is 11.8 Å². The van der Waals surface area contributed by atoms with Crippen molar-refractivity contribution in [2.75, 3.05) is 0 Å². The Morgan fingerprint density at radius 1 is 1.33 bits per heavy atom. The van der Waals surface area contributed by atoms with E-state index in [2.05, 4.69) is 40.0 Å². The summed E-state index contributed by atoms with van der Waals surface area (Å²) >= 11 is 2.07. The molecule has 15 heavy (non-hydrogen) atoms. The molecule has 0 aliphatic carbocycles. The fourth-order valence-corrected chi connectivity index (χ4v) is 2.08.